The molecule has 126 valence electrons. The maximum absolute atomic E-state index is 11.9. The molecule has 6 nitrogen and oxygen atoms in total. The van der Waals surface area contributed by atoms with E-state index in [4.69, 9.17) is 16.3 Å². The van der Waals surface area contributed by atoms with Crippen LogP contribution in [0.15, 0.2) is 24.3 Å². The maximum atomic E-state index is 11.9. The van der Waals surface area contributed by atoms with Crippen LogP contribution in [0.4, 0.5) is 0 Å². The highest BCUT2D eigenvalue weighted by Gasteiger charge is 2.20. The second kappa shape index (κ2) is 8.74. The Kier molecular flexibility index (Phi) is 6.67. The van der Waals surface area contributed by atoms with E-state index in [9.17, 15) is 9.59 Å². The molecule has 1 heterocycles. The molecular weight excluding hydrogens is 318 g/mol. The van der Waals surface area contributed by atoms with Gasteiger partial charge in [0.1, 0.15) is 5.75 Å². The average molecular weight is 340 g/mol. The number of benzene rings is 1. The van der Waals surface area contributed by atoms with Crippen LogP contribution in [0.2, 0.25) is 5.02 Å². The first-order valence-corrected chi connectivity index (χ1v) is 8.12. The molecule has 0 spiro atoms. The number of carbonyl (C=O) groups excluding carboxylic acids is 2. The summed E-state index contributed by atoms with van der Waals surface area (Å²) < 4.78 is 5.29. The van der Waals surface area contributed by atoms with Gasteiger partial charge in [-0.15, -0.1) is 0 Å². The summed E-state index contributed by atoms with van der Waals surface area (Å²) in [6, 6.07) is 7.10. The molecule has 2 N–H and O–H groups in total. The van der Waals surface area contributed by atoms with E-state index >= 15 is 0 Å². The maximum Gasteiger partial charge on any atom is 0.276 e. The Morgan fingerprint density at radius 2 is 1.91 bits per heavy atom. The molecule has 0 aromatic heterocycles. The van der Waals surface area contributed by atoms with Gasteiger partial charge in [0.15, 0.2) is 6.61 Å². The molecule has 2 amide bonds. The van der Waals surface area contributed by atoms with Crippen LogP contribution in [0.1, 0.15) is 26.2 Å². The molecule has 7 heteroatoms. The van der Waals surface area contributed by atoms with Crippen molar-refractivity contribution in [1.29, 1.82) is 0 Å². The van der Waals surface area contributed by atoms with Crippen molar-refractivity contribution in [2.75, 3.05) is 19.7 Å². The van der Waals surface area contributed by atoms with Crippen LogP contribution in [0.5, 0.6) is 5.75 Å². The molecule has 1 aliphatic heterocycles. The van der Waals surface area contributed by atoms with Crippen molar-refractivity contribution in [3.8, 4) is 5.75 Å². The Hall–Kier alpha value is -1.79. The third-order valence-electron chi connectivity index (χ3n) is 3.81. The van der Waals surface area contributed by atoms with Gasteiger partial charge < -0.3 is 4.74 Å². The van der Waals surface area contributed by atoms with Gasteiger partial charge in [-0.3, -0.25) is 25.3 Å². The number of hydrogen-bond donors (Lipinski definition) is 2. The smallest absolute Gasteiger partial charge is 0.276 e. The van der Waals surface area contributed by atoms with Crippen LogP contribution >= 0.6 is 11.6 Å². The first kappa shape index (κ1) is 17.6. The molecule has 0 radical (unpaired) electrons. The number of likely N-dealkylation sites (tertiary alicyclic amines) is 1. The van der Waals surface area contributed by atoms with E-state index in [1.54, 1.807) is 24.3 Å². The normalized spacial score (nSPS) is 18.3. The summed E-state index contributed by atoms with van der Waals surface area (Å²) in [6.07, 6.45) is 3.42. The van der Waals surface area contributed by atoms with E-state index in [0.717, 1.165) is 19.4 Å². The number of rotatable bonds is 5. The molecular formula is C16H22ClN3O3. The lowest BCUT2D eigenvalue weighted by molar-refractivity contribution is -0.131. The van der Waals surface area contributed by atoms with Gasteiger partial charge in [-0.2, -0.15) is 0 Å². The van der Waals surface area contributed by atoms with Crippen LogP contribution in [-0.4, -0.2) is 42.5 Å². The lowest BCUT2D eigenvalue weighted by atomic mass is 10.0. The summed E-state index contributed by atoms with van der Waals surface area (Å²) in [5, 5.41) is 0.598. The summed E-state index contributed by atoms with van der Waals surface area (Å²) >= 11 is 5.76. The Labute approximate surface area is 141 Å². The molecule has 23 heavy (non-hydrogen) atoms. The van der Waals surface area contributed by atoms with Gasteiger partial charge in [0.25, 0.3) is 11.8 Å². The molecule has 0 bridgehead atoms. The first-order chi connectivity index (χ1) is 11.0. The van der Waals surface area contributed by atoms with Crippen LogP contribution in [-0.2, 0) is 9.59 Å². The highest BCUT2D eigenvalue weighted by molar-refractivity contribution is 6.30. The molecule has 0 aliphatic carbocycles. The Bertz CT molecular complexity index is 536. The minimum absolute atomic E-state index is 0.179. The molecule has 1 atom stereocenters. The molecule has 1 aromatic rings. The fraction of sp³-hybridized carbons (Fsp3) is 0.500. The third-order valence-corrected chi connectivity index (χ3v) is 4.06. The molecule has 2 rings (SSSR count). The van der Waals surface area contributed by atoms with Gasteiger partial charge >= 0.3 is 0 Å². The highest BCUT2D eigenvalue weighted by Crippen LogP contribution is 2.16. The topological polar surface area (TPSA) is 70.7 Å². The van der Waals surface area contributed by atoms with Gasteiger partial charge in [0.2, 0.25) is 0 Å². The molecule has 1 aromatic carbocycles. The lowest BCUT2D eigenvalue weighted by Crippen LogP contribution is -2.50. The van der Waals surface area contributed by atoms with E-state index < -0.39 is 5.91 Å². The fourth-order valence-electron chi connectivity index (χ4n) is 2.47. The monoisotopic (exact) mass is 339 g/mol. The summed E-state index contributed by atoms with van der Waals surface area (Å²) in [5.74, 6) is -0.100. The second-order valence-electron chi connectivity index (χ2n) is 5.65. The van der Waals surface area contributed by atoms with E-state index in [2.05, 4.69) is 22.7 Å². The Balaban J connectivity index is 1.65. The molecule has 1 aliphatic rings. The largest absolute Gasteiger partial charge is 0.484 e. The van der Waals surface area contributed by atoms with Crippen LogP contribution in [0.3, 0.4) is 0 Å². The highest BCUT2D eigenvalue weighted by atomic mass is 35.5. The Morgan fingerprint density at radius 3 is 2.61 bits per heavy atom. The minimum Gasteiger partial charge on any atom is -0.484 e. The van der Waals surface area contributed by atoms with E-state index in [1.165, 1.54) is 6.42 Å². The van der Waals surface area contributed by atoms with Crippen molar-refractivity contribution >= 4 is 23.4 Å². The average Bonchev–Trinajstić information content (AvgIpc) is 2.54. The SMILES string of the molecule is C[C@H]1CCCCN1CC(=O)NNC(=O)COc1ccc(Cl)cc1. The number of halogens is 1. The van der Waals surface area contributed by atoms with E-state index in [1.807, 2.05) is 0 Å². The number of nitrogens with zero attached hydrogens (tertiary/aromatic N) is 1. The van der Waals surface area contributed by atoms with Crippen LogP contribution in [0, 0.1) is 0 Å². The van der Waals surface area contributed by atoms with E-state index in [0.29, 0.717) is 23.4 Å². The van der Waals surface area contributed by atoms with Gasteiger partial charge in [-0.25, -0.2) is 0 Å². The zero-order valence-corrected chi connectivity index (χ0v) is 13.9. The van der Waals surface area contributed by atoms with Crippen molar-refractivity contribution in [3.05, 3.63) is 29.3 Å². The number of carbonyl (C=O) groups is 2. The summed E-state index contributed by atoms with van der Waals surface area (Å²) in [7, 11) is 0. The predicted octanol–water partition coefficient (Wildman–Crippen LogP) is 1.74. The molecule has 0 unspecified atom stereocenters. The molecule has 0 saturated carbocycles. The summed E-state index contributed by atoms with van der Waals surface area (Å²) in [4.78, 5) is 25.6. The van der Waals surface area contributed by atoms with Crippen molar-refractivity contribution in [1.82, 2.24) is 15.8 Å². The fourth-order valence-corrected chi connectivity index (χ4v) is 2.60. The van der Waals surface area contributed by atoms with E-state index in [-0.39, 0.29) is 12.5 Å². The molecule has 1 saturated heterocycles. The van der Waals surface area contributed by atoms with Crippen molar-refractivity contribution in [3.63, 3.8) is 0 Å². The number of amides is 2. The quantitative estimate of drug-likeness (QED) is 0.802. The predicted molar refractivity (Wildman–Crippen MR) is 88.1 cm³/mol. The number of hydrogen-bond acceptors (Lipinski definition) is 4. The van der Waals surface area contributed by atoms with Crippen LogP contribution in [0.25, 0.3) is 0 Å². The number of piperidine rings is 1. The van der Waals surface area contributed by atoms with Crippen molar-refractivity contribution in [2.24, 2.45) is 0 Å². The van der Waals surface area contributed by atoms with Gasteiger partial charge in [0, 0.05) is 11.1 Å². The van der Waals surface area contributed by atoms with Crippen LogP contribution < -0.4 is 15.6 Å². The molecule has 1 fully saturated rings. The zero-order chi connectivity index (χ0) is 16.7. The van der Waals surface area contributed by atoms with Gasteiger partial charge in [0.05, 0.1) is 6.54 Å². The van der Waals surface area contributed by atoms with Crippen molar-refractivity contribution < 1.29 is 14.3 Å². The summed E-state index contributed by atoms with van der Waals surface area (Å²) in [5.41, 5.74) is 4.77. The summed E-state index contributed by atoms with van der Waals surface area (Å²) in [6.45, 7) is 3.15. The lowest BCUT2D eigenvalue weighted by Gasteiger charge is -2.32. The standard InChI is InChI=1S/C16H22ClN3O3/c1-12-4-2-3-9-20(12)10-15(21)18-19-16(22)11-23-14-7-5-13(17)6-8-14/h5-8,12H,2-4,9-11H2,1H3,(H,18,21)(H,19,22)/t12-/m0/s1. The number of ether oxygens (including phenoxy) is 1. The number of hydrazine groups is 1. The third kappa shape index (κ3) is 6.08. The zero-order valence-electron chi connectivity index (χ0n) is 13.2. The second-order valence-corrected chi connectivity index (χ2v) is 6.09. The van der Waals surface area contributed by atoms with Gasteiger partial charge in [-0.1, -0.05) is 18.0 Å². The minimum atomic E-state index is -0.417. The number of nitrogens with one attached hydrogen (secondary N) is 2. The first-order valence-electron chi connectivity index (χ1n) is 7.74. The Morgan fingerprint density at radius 1 is 1.22 bits per heavy atom. The van der Waals surface area contributed by atoms with Crippen molar-refractivity contribution in [2.45, 2.75) is 32.2 Å². The van der Waals surface area contributed by atoms with Gasteiger partial charge in [-0.05, 0) is 50.6 Å².